The summed E-state index contributed by atoms with van der Waals surface area (Å²) in [6, 6.07) is 5.87. The molecule has 116 valence electrons. The largest absolute Gasteiger partial charge is 0.435 e. The lowest BCUT2D eigenvalue weighted by Gasteiger charge is -2.05. The zero-order valence-corrected chi connectivity index (χ0v) is 11.1. The number of nitrogens with zero attached hydrogens (tertiary/aromatic N) is 3. The van der Waals surface area contributed by atoms with E-state index in [9.17, 15) is 28.1 Å². The Bertz CT molecular complexity index is 739. The summed E-state index contributed by atoms with van der Waals surface area (Å²) in [4.78, 5) is 22.1. The van der Waals surface area contributed by atoms with Crippen LogP contribution in [0.15, 0.2) is 30.3 Å². The summed E-state index contributed by atoms with van der Waals surface area (Å²) in [5, 5.41) is 16.2. The van der Waals surface area contributed by atoms with Gasteiger partial charge in [0.1, 0.15) is 11.4 Å². The van der Waals surface area contributed by atoms with Crippen molar-refractivity contribution >= 4 is 17.3 Å². The van der Waals surface area contributed by atoms with Gasteiger partial charge in [-0.25, -0.2) is 0 Å². The molecular weight excluding hydrogens is 305 g/mol. The van der Waals surface area contributed by atoms with E-state index in [-0.39, 0.29) is 17.1 Å². The van der Waals surface area contributed by atoms with Gasteiger partial charge in [0.2, 0.25) is 0 Å². The van der Waals surface area contributed by atoms with E-state index >= 15 is 0 Å². The van der Waals surface area contributed by atoms with Crippen LogP contribution in [0.5, 0.6) is 0 Å². The first-order chi connectivity index (χ1) is 10.2. The monoisotopic (exact) mass is 314 g/mol. The van der Waals surface area contributed by atoms with E-state index in [2.05, 4.69) is 10.4 Å². The van der Waals surface area contributed by atoms with Crippen LogP contribution in [0.2, 0.25) is 0 Å². The molecule has 0 unspecified atom stereocenters. The molecule has 0 saturated carbocycles. The third-order valence-electron chi connectivity index (χ3n) is 2.75. The molecule has 0 spiro atoms. The molecule has 22 heavy (non-hydrogen) atoms. The molecule has 0 bridgehead atoms. The van der Waals surface area contributed by atoms with Crippen molar-refractivity contribution in [2.75, 3.05) is 5.32 Å². The molecule has 7 nitrogen and oxygen atoms in total. The molecule has 1 aromatic heterocycles. The zero-order chi connectivity index (χ0) is 16.5. The molecule has 2 rings (SSSR count). The zero-order valence-electron chi connectivity index (χ0n) is 11.1. The third kappa shape index (κ3) is 3.05. The van der Waals surface area contributed by atoms with Crippen LogP contribution in [0.4, 0.5) is 24.5 Å². The SMILES string of the molecule is Cn1nc(C(F)(F)F)cc1C(=O)Nc1ccccc1[N+](=O)[O-]. The predicted octanol–water partition coefficient (Wildman–Crippen LogP) is 2.60. The maximum atomic E-state index is 12.5. The Labute approximate surface area is 121 Å². The van der Waals surface area contributed by atoms with Gasteiger partial charge in [0, 0.05) is 19.2 Å². The number of halogens is 3. The molecule has 1 aromatic carbocycles. The van der Waals surface area contributed by atoms with Gasteiger partial charge in [-0.1, -0.05) is 12.1 Å². The number of hydrogen-bond acceptors (Lipinski definition) is 4. The predicted molar refractivity (Wildman–Crippen MR) is 69.3 cm³/mol. The molecule has 1 heterocycles. The highest BCUT2D eigenvalue weighted by molar-refractivity contribution is 6.04. The van der Waals surface area contributed by atoms with E-state index in [0.29, 0.717) is 6.07 Å². The fourth-order valence-corrected chi connectivity index (χ4v) is 1.74. The van der Waals surface area contributed by atoms with Gasteiger partial charge in [0.15, 0.2) is 5.69 Å². The van der Waals surface area contributed by atoms with Crippen LogP contribution in [-0.4, -0.2) is 20.6 Å². The Balaban J connectivity index is 2.31. The lowest BCUT2D eigenvalue weighted by molar-refractivity contribution is -0.383. The van der Waals surface area contributed by atoms with Crippen molar-refractivity contribution < 1.29 is 22.9 Å². The first kappa shape index (κ1) is 15.5. The number of alkyl halides is 3. The molecule has 0 aliphatic rings. The molecule has 0 aliphatic carbocycles. The summed E-state index contributed by atoms with van der Waals surface area (Å²) >= 11 is 0. The third-order valence-corrected chi connectivity index (χ3v) is 2.75. The number of nitro groups is 1. The maximum absolute atomic E-state index is 12.5. The summed E-state index contributed by atoms with van der Waals surface area (Å²) in [5.74, 6) is -0.931. The van der Waals surface area contributed by atoms with Crippen molar-refractivity contribution in [2.24, 2.45) is 7.05 Å². The summed E-state index contributed by atoms with van der Waals surface area (Å²) < 4.78 is 38.4. The van der Waals surface area contributed by atoms with Gasteiger partial charge in [-0.05, 0) is 6.07 Å². The number of para-hydroxylation sites is 2. The number of nitro benzene ring substituents is 1. The number of aromatic nitrogens is 2. The highest BCUT2D eigenvalue weighted by Crippen LogP contribution is 2.29. The van der Waals surface area contributed by atoms with E-state index in [1.54, 1.807) is 0 Å². The summed E-state index contributed by atoms with van der Waals surface area (Å²) in [7, 11) is 1.17. The summed E-state index contributed by atoms with van der Waals surface area (Å²) in [6.07, 6.45) is -4.69. The van der Waals surface area contributed by atoms with Crippen molar-refractivity contribution in [1.82, 2.24) is 9.78 Å². The molecular formula is C12H9F3N4O3. The normalized spacial score (nSPS) is 11.3. The van der Waals surface area contributed by atoms with Crippen LogP contribution in [0.25, 0.3) is 0 Å². The van der Waals surface area contributed by atoms with Crippen molar-refractivity contribution in [3.63, 3.8) is 0 Å². The molecule has 1 amide bonds. The van der Waals surface area contributed by atoms with E-state index in [4.69, 9.17) is 0 Å². The average molecular weight is 314 g/mol. The Morgan fingerprint density at radius 3 is 2.55 bits per heavy atom. The van der Waals surface area contributed by atoms with Gasteiger partial charge >= 0.3 is 6.18 Å². The van der Waals surface area contributed by atoms with E-state index < -0.39 is 22.7 Å². The number of aryl methyl sites for hydroxylation is 1. The Morgan fingerprint density at radius 1 is 1.36 bits per heavy atom. The van der Waals surface area contributed by atoms with Gasteiger partial charge in [-0.3, -0.25) is 19.6 Å². The molecule has 0 atom stereocenters. The van der Waals surface area contributed by atoms with E-state index in [1.165, 1.54) is 31.3 Å². The minimum absolute atomic E-state index is 0.118. The number of carbonyl (C=O) groups excluding carboxylic acids is 1. The van der Waals surface area contributed by atoms with Crippen LogP contribution in [0.3, 0.4) is 0 Å². The smallest absolute Gasteiger partial charge is 0.315 e. The van der Waals surface area contributed by atoms with Gasteiger partial charge in [-0.2, -0.15) is 18.3 Å². The topological polar surface area (TPSA) is 90.1 Å². The van der Waals surface area contributed by atoms with Crippen LogP contribution in [0, 0.1) is 10.1 Å². The second-order valence-corrected chi connectivity index (χ2v) is 4.26. The minimum Gasteiger partial charge on any atom is -0.315 e. The fraction of sp³-hybridized carbons (Fsp3) is 0.167. The number of carbonyl (C=O) groups is 1. The molecule has 0 fully saturated rings. The van der Waals surface area contributed by atoms with Crippen LogP contribution < -0.4 is 5.32 Å². The van der Waals surface area contributed by atoms with Crippen LogP contribution in [0.1, 0.15) is 16.2 Å². The summed E-state index contributed by atoms with van der Waals surface area (Å²) in [6.45, 7) is 0. The number of rotatable bonds is 3. The molecule has 1 N–H and O–H groups in total. The Kier molecular flexibility index (Phi) is 3.85. The average Bonchev–Trinajstić information content (AvgIpc) is 2.81. The number of benzene rings is 1. The second kappa shape index (κ2) is 5.47. The quantitative estimate of drug-likeness (QED) is 0.696. The molecule has 0 saturated heterocycles. The Hall–Kier alpha value is -2.91. The standard InChI is InChI=1S/C12H9F3N4O3/c1-18-9(6-10(17-18)12(13,14)15)11(20)16-7-4-2-3-5-8(7)19(21)22/h2-6H,1H3,(H,16,20). The number of anilines is 1. The number of amides is 1. The highest BCUT2D eigenvalue weighted by atomic mass is 19.4. The van der Waals surface area contributed by atoms with Crippen molar-refractivity contribution in [3.05, 3.63) is 51.8 Å². The fourth-order valence-electron chi connectivity index (χ4n) is 1.74. The van der Waals surface area contributed by atoms with E-state index in [1.807, 2.05) is 0 Å². The molecule has 0 radical (unpaired) electrons. The van der Waals surface area contributed by atoms with Crippen LogP contribution >= 0.6 is 0 Å². The van der Waals surface area contributed by atoms with Gasteiger partial charge in [0.25, 0.3) is 11.6 Å². The van der Waals surface area contributed by atoms with Crippen LogP contribution in [-0.2, 0) is 13.2 Å². The number of hydrogen-bond donors (Lipinski definition) is 1. The second-order valence-electron chi connectivity index (χ2n) is 4.26. The molecule has 10 heteroatoms. The minimum atomic E-state index is -4.69. The number of nitrogens with one attached hydrogen (secondary N) is 1. The van der Waals surface area contributed by atoms with Crippen molar-refractivity contribution in [1.29, 1.82) is 0 Å². The highest BCUT2D eigenvalue weighted by Gasteiger charge is 2.35. The first-order valence-corrected chi connectivity index (χ1v) is 5.86. The molecule has 0 aliphatic heterocycles. The maximum Gasteiger partial charge on any atom is 0.435 e. The molecule has 2 aromatic rings. The van der Waals surface area contributed by atoms with E-state index in [0.717, 1.165) is 4.68 Å². The van der Waals surface area contributed by atoms with Gasteiger partial charge in [0.05, 0.1) is 4.92 Å². The van der Waals surface area contributed by atoms with Gasteiger partial charge in [-0.15, -0.1) is 0 Å². The van der Waals surface area contributed by atoms with Gasteiger partial charge < -0.3 is 5.32 Å². The van der Waals surface area contributed by atoms with Crippen molar-refractivity contribution in [3.8, 4) is 0 Å². The lowest BCUT2D eigenvalue weighted by atomic mass is 10.2. The lowest BCUT2D eigenvalue weighted by Crippen LogP contribution is -2.16. The first-order valence-electron chi connectivity index (χ1n) is 5.86. The Morgan fingerprint density at radius 2 is 2.00 bits per heavy atom. The summed E-state index contributed by atoms with van der Waals surface area (Å²) in [5.41, 5.74) is -2.07. The van der Waals surface area contributed by atoms with Crippen molar-refractivity contribution in [2.45, 2.75) is 6.18 Å².